The summed E-state index contributed by atoms with van der Waals surface area (Å²) in [6.45, 7) is 0.111. The minimum Gasteiger partial charge on any atom is -0.308 e. The number of carbonyl (C=O) groups is 1. The third-order valence-corrected chi connectivity index (χ3v) is 3.01. The third kappa shape index (κ3) is 2.45. The quantitative estimate of drug-likeness (QED) is 0.619. The van der Waals surface area contributed by atoms with Crippen LogP contribution in [0.1, 0.15) is 12.0 Å². The third-order valence-electron chi connectivity index (χ3n) is 2.67. The van der Waals surface area contributed by atoms with Gasteiger partial charge in [0.1, 0.15) is 5.82 Å². The number of rotatable bonds is 1. The number of benzene rings is 1. The molecule has 0 saturated carbocycles. The maximum absolute atomic E-state index is 13.5. The van der Waals surface area contributed by atoms with Gasteiger partial charge in [-0.25, -0.2) is 4.39 Å². The predicted molar refractivity (Wildman–Crippen MR) is 61.1 cm³/mol. The molecule has 0 bridgehead atoms. The molecule has 1 aliphatic heterocycles. The lowest BCUT2D eigenvalue weighted by molar-refractivity contribution is -0.137. The van der Waals surface area contributed by atoms with Crippen LogP contribution >= 0.6 is 12.6 Å². The van der Waals surface area contributed by atoms with E-state index in [0.29, 0.717) is 12.1 Å². The minimum absolute atomic E-state index is 0.0960. The largest absolute Gasteiger partial charge is 0.416 e. The predicted octanol–water partition coefficient (Wildman–Crippen LogP) is 2.88. The summed E-state index contributed by atoms with van der Waals surface area (Å²) in [5, 5.41) is -0.286. The van der Waals surface area contributed by atoms with E-state index < -0.39 is 23.5 Å². The molecule has 98 valence electrons. The van der Waals surface area contributed by atoms with Gasteiger partial charge in [0.2, 0.25) is 5.91 Å². The number of anilines is 1. The van der Waals surface area contributed by atoms with E-state index in [1.807, 2.05) is 0 Å². The van der Waals surface area contributed by atoms with Crippen LogP contribution in [0.5, 0.6) is 0 Å². The van der Waals surface area contributed by atoms with Crippen molar-refractivity contribution in [2.24, 2.45) is 0 Å². The normalized spacial score (nSPS) is 20.6. The van der Waals surface area contributed by atoms with Gasteiger partial charge >= 0.3 is 6.18 Å². The Kier molecular flexibility index (Phi) is 3.27. The fraction of sp³-hybridized carbons (Fsp3) is 0.364. The molecule has 1 saturated heterocycles. The first-order valence-electron chi connectivity index (χ1n) is 5.14. The van der Waals surface area contributed by atoms with Crippen LogP contribution in [0.15, 0.2) is 18.2 Å². The lowest BCUT2D eigenvalue weighted by atomic mass is 10.1. The van der Waals surface area contributed by atoms with E-state index in [1.54, 1.807) is 0 Å². The standard InChI is InChI=1S/C11H9F4NOS/c12-8-2-1-6(11(13,14)15)3-9(8)16-5-7(18)4-10(16)17/h1-3,7,18H,4-5H2. The first-order chi connectivity index (χ1) is 8.29. The van der Waals surface area contributed by atoms with Gasteiger partial charge in [0.15, 0.2) is 0 Å². The molecule has 0 radical (unpaired) electrons. The molecule has 2 rings (SSSR count). The number of alkyl halides is 3. The Morgan fingerprint density at radius 1 is 1.33 bits per heavy atom. The van der Waals surface area contributed by atoms with Gasteiger partial charge in [0.25, 0.3) is 0 Å². The van der Waals surface area contributed by atoms with Crippen molar-refractivity contribution in [3.63, 3.8) is 0 Å². The SMILES string of the molecule is O=C1CC(S)CN1c1cc(C(F)(F)F)ccc1F. The summed E-state index contributed by atoms with van der Waals surface area (Å²) in [6.07, 6.45) is -4.47. The molecule has 7 heteroatoms. The molecule has 0 spiro atoms. The van der Waals surface area contributed by atoms with Crippen LogP contribution in [0.4, 0.5) is 23.2 Å². The van der Waals surface area contributed by atoms with Crippen LogP contribution < -0.4 is 4.90 Å². The molecular weight excluding hydrogens is 270 g/mol. The summed E-state index contributed by atoms with van der Waals surface area (Å²) >= 11 is 4.07. The van der Waals surface area contributed by atoms with Crippen molar-refractivity contribution in [1.29, 1.82) is 0 Å². The van der Waals surface area contributed by atoms with E-state index >= 15 is 0 Å². The van der Waals surface area contributed by atoms with Crippen molar-refractivity contribution < 1.29 is 22.4 Å². The summed E-state index contributed by atoms with van der Waals surface area (Å²) in [6, 6.07) is 2.02. The van der Waals surface area contributed by atoms with Gasteiger partial charge in [-0.05, 0) is 18.2 Å². The van der Waals surface area contributed by atoms with Gasteiger partial charge in [-0.2, -0.15) is 25.8 Å². The topological polar surface area (TPSA) is 20.3 Å². The second-order valence-corrected chi connectivity index (χ2v) is 4.76. The maximum Gasteiger partial charge on any atom is 0.416 e. The molecule has 1 unspecified atom stereocenters. The van der Waals surface area contributed by atoms with Gasteiger partial charge in [-0.15, -0.1) is 0 Å². The Labute approximate surface area is 106 Å². The molecule has 1 atom stereocenters. The van der Waals surface area contributed by atoms with E-state index in [1.165, 1.54) is 0 Å². The van der Waals surface area contributed by atoms with E-state index in [0.717, 1.165) is 11.0 Å². The monoisotopic (exact) mass is 279 g/mol. The number of hydrogen-bond donors (Lipinski definition) is 1. The molecule has 1 aromatic carbocycles. The highest BCUT2D eigenvalue weighted by Crippen LogP contribution is 2.34. The highest BCUT2D eigenvalue weighted by atomic mass is 32.1. The highest BCUT2D eigenvalue weighted by molar-refractivity contribution is 7.81. The van der Waals surface area contributed by atoms with Gasteiger partial charge in [-0.1, -0.05) is 0 Å². The highest BCUT2D eigenvalue weighted by Gasteiger charge is 2.34. The second-order valence-electron chi connectivity index (χ2n) is 4.03. The Hall–Kier alpha value is -1.24. The minimum atomic E-state index is -4.56. The molecule has 0 N–H and O–H groups in total. The van der Waals surface area contributed by atoms with Crippen LogP contribution in [-0.4, -0.2) is 17.7 Å². The maximum atomic E-state index is 13.5. The van der Waals surface area contributed by atoms with Crippen LogP contribution in [0.25, 0.3) is 0 Å². The molecule has 18 heavy (non-hydrogen) atoms. The number of nitrogens with zero attached hydrogens (tertiary/aromatic N) is 1. The molecule has 1 heterocycles. The van der Waals surface area contributed by atoms with E-state index in [2.05, 4.69) is 12.6 Å². The summed E-state index contributed by atoms with van der Waals surface area (Å²) in [4.78, 5) is 12.5. The molecule has 1 aliphatic rings. The fourth-order valence-corrected chi connectivity index (χ4v) is 2.14. The first-order valence-corrected chi connectivity index (χ1v) is 5.66. The molecular formula is C11H9F4NOS. The van der Waals surface area contributed by atoms with Crippen LogP contribution in [0.3, 0.4) is 0 Å². The molecule has 1 fully saturated rings. The van der Waals surface area contributed by atoms with Crippen molar-refractivity contribution in [2.75, 3.05) is 11.4 Å². The average Bonchev–Trinajstić information content (AvgIpc) is 2.56. The van der Waals surface area contributed by atoms with Crippen molar-refractivity contribution in [2.45, 2.75) is 17.8 Å². The number of thiol groups is 1. The zero-order chi connectivity index (χ0) is 13.5. The Morgan fingerprint density at radius 2 is 2.00 bits per heavy atom. The lowest BCUT2D eigenvalue weighted by Gasteiger charge is -2.18. The van der Waals surface area contributed by atoms with Crippen molar-refractivity contribution >= 4 is 24.2 Å². The first kappa shape index (κ1) is 13.2. The molecule has 2 nitrogen and oxygen atoms in total. The number of hydrogen-bond acceptors (Lipinski definition) is 2. The smallest absolute Gasteiger partial charge is 0.308 e. The summed E-state index contributed by atoms with van der Waals surface area (Å²) in [5.41, 5.74) is -1.32. The van der Waals surface area contributed by atoms with Crippen LogP contribution in [0, 0.1) is 5.82 Å². The molecule has 1 amide bonds. The molecule has 0 aliphatic carbocycles. The summed E-state index contributed by atoms with van der Waals surface area (Å²) in [5.74, 6) is -1.27. The van der Waals surface area contributed by atoms with Gasteiger partial charge in [-0.3, -0.25) is 4.79 Å². The molecule has 0 aromatic heterocycles. The summed E-state index contributed by atoms with van der Waals surface area (Å²) < 4.78 is 51.1. The Balaban J connectivity index is 2.41. The van der Waals surface area contributed by atoms with Gasteiger partial charge < -0.3 is 4.90 Å². The number of halogens is 4. The van der Waals surface area contributed by atoms with Gasteiger partial charge in [0.05, 0.1) is 11.3 Å². The molecule has 1 aromatic rings. The fourth-order valence-electron chi connectivity index (χ4n) is 1.82. The Morgan fingerprint density at radius 3 is 2.50 bits per heavy atom. The zero-order valence-corrected chi connectivity index (χ0v) is 9.93. The Bertz CT molecular complexity index is 488. The van der Waals surface area contributed by atoms with Crippen LogP contribution in [0.2, 0.25) is 0 Å². The van der Waals surface area contributed by atoms with E-state index in [9.17, 15) is 22.4 Å². The van der Waals surface area contributed by atoms with Crippen LogP contribution in [-0.2, 0) is 11.0 Å². The lowest BCUT2D eigenvalue weighted by Crippen LogP contribution is -2.26. The second kappa shape index (κ2) is 4.46. The number of carbonyl (C=O) groups excluding carboxylic acids is 1. The zero-order valence-electron chi connectivity index (χ0n) is 9.04. The van der Waals surface area contributed by atoms with E-state index in [-0.39, 0.29) is 23.9 Å². The van der Waals surface area contributed by atoms with Crippen molar-refractivity contribution in [3.05, 3.63) is 29.6 Å². The van der Waals surface area contributed by atoms with Gasteiger partial charge in [0, 0.05) is 18.2 Å². The van der Waals surface area contributed by atoms with Crippen molar-refractivity contribution in [3.8, 4) is 0 Å². The van der Waals surface area contributed by atoms with Crippen molar-refractivity contribution in [1.82, 2.24) is 0 Å². The summed E-state index contributed by atoms with van der Waals surface area (Å²) in [7, 11) is 0. The van der Waals surface area contributed by atoms with E-state index in [4.69, 9.17) is 0 Å². The average molecular weight is 279 g/mol. The number of amides is 1.